The van der Waals surface area contributed by atoms with Gasteiger partial charge in [0.2, 0.25) is 0 Å². The first-order valence-corrected chi connectivity index (χ1v) is 6.42. The molecule has 0 bridgehead atoms. The van der Waals surface area contributed by atoms with Gasteiger partial charge in [-0.3, -0.25) is 14.9 Å². The average Bonchev–Trinajstić information content (AvgIpc) is 2.76. The highest BCUT2D eigenvalue weighted by atomic mass is 19.1. The summed E-state index contributed by atoms with van der Waals surface area (Å²) in [4.78, 5) is 22.0. The Morgan fingerprint density at radius 3 is 2.75 bits per heavy atom. The van der Waals surface area contributed by atoms with E-state index in [-0.39, 0.29) is 17.3 Å². The predicted molar refractivity (Wildman–Crippen MR) is 71.7 cm³/mol. The summed E-state index contributed by atoms with van der Waals surface area (Å²) in [7, 11) is 0. The molecule has 6 nitrogen and oxygen atoms in total. The normalized spacial score (nSPS) is 21.7. The van der Waals surface area contributed by atoms with Crippen LogP contribution in [0.2, 0.25) is 0 Å². The van der Waals surface area contributed by atoms with Gasteiger partial charge in [-0.05, 0) is 31.2 Å². The Balaban J connectivity index is 2.23. The van der Waals surface area contributed by atoms with Crippen molar-refractivity contribution in [2.75, 3.05) is 5.73 Å². The van der Waals surface area contributed by atoms with Gasteiger partial charge in [-0.15, -0.1) is 0 Å². The number of anilines is 1. The van der Waals surface area contributed by atoms with Crippen molar-refractivity contribution in [3.05, 3.63) is 33.6 Å². The van der Waals surface area contributed by atoms with Crippen LogP contribution < -0.4 is 11.1 Å². The fourth-order valence-corrected chi connectivity index (χ4v) is 2.54. The molecule has 2 unspecified atom stereocenters. The van der Waals surface area contributed by atoms with Crippen molar-refractivity contribution in [1.29, 1.82) is 0 Å². The first-order chi connectivity index (χ1) is 9.38. The molecule has 1 aliphatic rings. The minimum absolute atomic E-state index is 0.0132. The number of rotatable bonds is 3. The third-order valence-corrected chi connectivity index (χ3v) is 3.59. The number of nitrogen functional groups attached to an aromatic ring is 1. The molecule has 7 heteroatoms. The van der Waals surface area contributed by atoms with Crippen molar-refractivity contribution in [2.24, 2.45) is 5.92 Å². The number of benzene rings is 1. The van der Waals surface area contributed by atoms with Gasteiger partial charge in [0, 0.05) is 6.04 Å². The third-order valence-electron chi connectivity index (χ3n) is 3.59. The zero-order valence-corrected chi connectivity index (χ0v) is 11.1. The van der Waals surface area contributed by atoms with Gasteiger partial charge in [0.1, 0.15) is 11.5 Å². The van der Waals surface area contributed by atoms with E-state index in [1.807, 2.05) is 0 Å². The molecule has 1 amide bonds. The second-order valence-electron chi connectivity index (χ2n) is 5.23. The lowest BCUT2D eigenvalue weighted by Gasteiger charge is -2.13. The summed E-state index contributed by atoms with van der Waals surface area (Å²) in [5.74, 6) is -0.889. The Labute approximate surface area is 115 Å². The molecule has 1 aliphatic carbocycles. The summed E-state index contributed by atoms with van der Waals surface area (Å²) in [6, 6.07) is 1.65. The van der Waals surface area contributed by atoms with Gasteiger partial charge >= 0.3 is 0 Å². The van der Waals surface area contributed by atoms with Gasteiger partial charge < -0.3 is 11.1 Å². The van der Waals surface area contributed by atoms with E-state index in [1.165, 1.54) is 0 Å². The maximum absolute atomic E-state index is 13.4. The van der Waals surface area contributed by atoms with Crippen molar-refractivity contribution in [1.82, 2.24) is 5.32 Å². The van der Waals surface area contributed by atoms with Crippen LogP contribution in [0.1, 0.15) is 36.5 Å². The van der Waals surface area contributed by atoms with Crippen molar-refractivity contribution < 1.29 is 14.1 Å². The van der Waals surface area contributed by atoms with Crippen molar-refractivity contribution in [2.45, 2.75) is 32.2 Å². The van der Waals surface area contributed by atoms with Crippen molar-refractivity contribution in [3.8, 4) is 0 Å². The smallest absolute Gasteiger partial charge is 0.295 e. The molecule has 1 aromatic rings. The molecule has 0 spiro atoms. The molecule has 108 valence electrons. The molecule has 0 heterocycles. The SMILES string of the molecule is CC1CCC(NC(=O)c2cc(F)cc([N+](=O)[O-])c2N)C1. The quantitative estimate of drug-likeness (QED) is 0.504. The number of hydrogen-bond donors (Lipinski definition) is 2. The number of nitrogens with one attached hydrogen (secondary N) is 1. The van der Waals surface area contributed by atoms with E-state index < -0.39 is 22.3 Å². The number of carbonyl (C=O) groups is 1. The Kier molecular flexibility index (Phi) is 3.87. The number of halogens is 1. The number of amides is 1. The molecule has 1 fully saturated rings. The number of carbonyl (C=O) groups excluding carboxylic acids is 1. The standard InChI is InChI=1S/C13H16FN3O3/c1-7-2-3-9(4-7)16-13(18)10-5-8(14)6-11(12(10)15)17(19)20/h5-7,9H,2-4,15H2,1H3,(H,16,18). The molecule has 20 heavy (non-hydrogen) atoms. The van der Waals surface area contributed by atoms with E-state index in [0.717, 1.165) is 25.3 Å². The monoisotopic (exact) mass is 281 g/mol. The fraction of sp³-hybridized carbons (Fsp3) is 0.462. The maximum Gasteiger partial charge on any atom is 0.295 e. The molecule has 1 saturated carbocycles. The molecular weight excluding hydrogens is 265 g/mol. The van der Waals surface area contributed by atoms with Gasteiger partial charge in [-0.2, -0.15) is 0 Å². The van der Waals surface area contributed by atoms with Gasteiger partial charge in [0.05, 0.1) is 16.6 Å². The Morgan fingerprint density at radius 2 is 2.20 bits per heavy atom. The lowest BCUT2D eigenvalue weighted by Crippen LogP contribution is -2.33. The molecule has 3 N–H and O–H groups in total. The summed E-state index contributed by atoms with van der Waals surface area (Å²) in [6.45, 7) is 2.09. The van der Waals surface area contributed by atoms with Crippen LogP contribution in [0, 0.1) is 21.8 Å². The lowest BCUT2D eigenvalue weighted by molar-refractivity contribution is -0.384. The Morgan fingerprint density at radius 1 is 1.50 bits per heavy atom. The van der Waals surface area contributed by atoms with Crippen molar-refractivity contribution >= 4 is 17.3 Å². The first-order valence-electron chi connectivity index (χ1n) is 6.42. The zero-order valence-electron chi connectivity index (χ0n) is 11.1. The van der Waals surface area contributed by atoms with Gasteiger partial charge in [0.15, 0.2) is 0 Å². The number of hydrogen-bond acceptors (Lipinski definition) is 4. The number of nitro benzene ring substituents is 1. The first kappa shape index (κ1) is 14.2. The molecule has 2 rings (SSSR count). The van der Waals surface area contributed by atoms with Crippen LogP contribution in [0.15, 0.2) is 12.1 Å². The highest BCUT2D eigenvalue weighted by molar-refractivity contribution is 6.01. The second kappa shape index (κ2) is 5.44. The minimum Gasteiger partial charge on any atom is -0.393 e. The molecule has 0 aliphatic heterocycles. The predicted octanol–water partition coefficient (Wildman–Crippen LogP) is 2.23. The Bertz CT molecular complexity index is 562. The molecular formula is C13H16FN3O3. The van der Waals surface area contributed by atoms with Crippen molar-refractivity contribution in [3.63, 3.8) is 0 Å². The average molecular weight is 281 g/mol. The van der Waals surface area contributed by atoms with Crippen LogP contribution in [0.3, 0.4) is 0 Å². The topological polar surface area (TPSA) is 98.3 Å². The molecule has 1 aromatic carbocycles. The molecule has 0 aromatic heterocycles. The number of nitro groups is 1. The van der Waals surface area contributed by atoms with Crippen LogP contribution in [-0.4, -0.2) is 16.9 Å². The minimum atomic E-state index is -0.851. The Hall–Kier alpha value is -2.18. The van der Waals surface area contributed by atoms with E-state index in [9.17, 15) is 19.3 Å². The summed E-state index contributed by atoms with van der Waals surface area (Å²) < 4.78 is 13.4. The zero-order chi connectivity index (χ0) is 14.9. The summed E-state index contributed by atoms with van der Waals surface area (Å²) in [5, 5.41) is 13.5. The third kappa shape index (κ3) is 2.87. The van der Waals surface area contributed by atoms with Gasteiger partial charge in [0.25, 0.3) is 11.6 Å². The lowest BCUT2D eigenvalue weighted by atomic mass is 10.1. The van der Waals surface area contributed by atoms with E-state index in [4.69, 9.17) is 5.73 Å². The molecule has 0 saturated heterocycles. The summed E-state index contributed by atoms with van der Waals surface area (Å²) in [6.07, 6.45) is 2.72. The van der Waals surface area contributed by atoms with Crippen LogP contribution >= 0.6 is 0 Å². The molecule has 2 atom stereocenters. The van der Waals surface area contributed by atoms with E-state index in [2.05, 4.69) is 12.2 Å². The second-order valence-corrected chi connectivity index (χ2v) is 5.23. The largest absolute Gasteiger partial charge is 0.393 e. The van der Waals surface area contributed by atoms with E-state index in [1.54, 1.807) is 0 Å². The van der Waals surface area contributed by atoms with E-state index in [0.29, 0.717) is 12.0 Å². The van der Waals surface area contributed by atoms with Gasteiger partial charge in [-0.1, -0.05) is 6.92 Å². The highest BCUT2D eigenvalue weighted by Gasteiger charge is 2.26. The van der Waals surface area contributed by atoms with Crippen LogP contribution in [0.5, 0.6) is 0 Å². The van der Waals surface area contributed by atoms with Crippen LogP contribution in [0.4, 0.5) is 15.8 Å². The van der Waals surface area contributed by atoms with Crippen LogP contribution in [-0.2, 0) is 0 Å². The number of nitrogens with two attached hydrogens (primary N) is 1. The van der Waals surface area contributed by atoms with E-state index >= 15 is 0 Å². The molecule has 0 radical (unpaired) electrons. The fourth-order valence-electron chi connectivity index (χ4n) is 2.54. The maximum atomic E-state index is 13.4. The number of nitrogens with zero attached hydrogens (tertiary/aromatic N) is 1. The van der Waals surface area contributed by atoms with Gasteiger partial charge in [-0.25, -0.2) is 4.39 Å². The summed E-state index contributed by atoms with van der Waals surface area (Å²) >= 11 is 0. The van der Waals surface area contributed by atoms with Crippen LogP contribution in [0.25, 0.3) is 0 Å². The summed E-state index contributed by atoms with van der Waals surface area (Å²) in [5.41, 5.74) is 4.51. The highest BCUT2D eigenvalue weighted by Crippen LogP contribution is 2.28.